The van der Waals surface area contributed by atoms with E-state index in [2.05, 4.69) is 0 Å². The molecular formula is C20H18ClNO3S. The number of amides is 2. The molecule has 0 atom stereocenters. The Bertz CT molecular complexity index is 906. The molecule has 1 aliphatic rings. The van der Waals surface area contributed by atoms with Crippen LogP contribution in [0.25, 0.3) is 5.57 Å². The van der Waals surface area contributed by atoms with Gasteiger partial charge in [-0.05, 0) is 54.1 Å². The maximum atomic E-state index is 13.2. The molecule has 4 nitrogen and oxygen atoms in total. The van der Waals surface area contributed by atoms with E-state index in [9.17, 15) is 9.59 Å². The number of nitrogens with zero attached hydrogens (tertiary/aromatic N) is 1. The van der Waals surface area contributed by atoms with Gasteiger partial charge in [-0.1, -0.05) is 30.7 Å². The molecular weight excluding hydrogens is 370 g/mol. The molecule has 2 aromatic carbocycles. The number of halogens is 1. The first kappa shape index (κ1) is 18.5. The molecule has 0 saturated carbocycles. The van der Waals surface area contributed by atoms with Gasteiger partial charge in [0.05, 0.1) is 23.3 Å². The van der Waals surface area contributed by atoms with Crippen LogP contribution in [-0.2, 0) is 9.59 Å². The number of imide groups is 1. The second-order valence-corrected chi connectivity index (χ2v) is 7.45. The van der Waals surface area contributed by atoms with Gasteiger partial charge in [-0.3, -0.25) is 9.59 Å². The Kier molecular flexibility index (Phi) is 5.39. The molecule has 0 aliphatic carbocycles. The maximum absolute atomic E-state index is 13.2. The SMILES string of the molecule is CCSC1=C(c2ccc(OC)cc2)C(=O)N(c2ccc(Cl)cc2C)C1=O. The van der Waals surface area contributed by atoms with E-state index >= 15 is 0 Å². The molecule has 26 heavy (non-hydrogen) atoms. The minimum absolute atomic E-state index is 0.293. The summed E-state index contributed by atoms with van der Waals surface area (Å²) in [6, 6.07) is 12.3. The molecule has 2 aromatic rings. The smallest absolute Gasteiger partial charge is 0.272 e. The fourth-order valence-corrected chi connectivity index (χ4v) is 3.97. The van der Waals surface area contributed by atoms with Crippen LogP contribution in [0.5, 0.6) is 5.75 Å². The number of rotatable bonds is 5. The topological polar surface area (TPSA) is 46.6 Å². The molecule has 134 valence electrons. The Morgan fingerprint density at radius 2 is 1.77 bits per heavy atom. The second kappa shape index (κ2) is 7.56. The first-order valence-corrected chi connectivity index (χ1v) is 9.50. The molecule has 0 bridgehead atoms. The number of hydrogen-bond acceptors (Lipinski definition) is 4. The number of anilines is 1. The first-order chi connectivity index (χ1) is 12.5. The lowest BCUT2D eigenvalue weighted by Crippen LogP contribution is -2.31. The highest BCUT2D eigenvalue weighted by molar-refractivity contribution is 8.04. The molecule has 0 N–H and O–H groups in total. The summed E-state index contributed by atoms with van der Waals surface area (Å²) >= 11 is 7.39. The van der Waals surface area contributed by atoms with Crippen LogP contribution in [0.2, 0.25) is 5.02 Å². The highest BCUT2D eigenvalue weighted by Gasteiger charge is 2.40. The van der Waals surface area contributed by atoms with Gasteiger partial charge >= 0.3 is 0 Å². The summed E-state index contributed by atoms with van der Waals surface area (Å²) in [6.07, 6.45) is 0. The number of aryl methyl sites for hydroxylation is 1. The van der Waals surface area contributed by atoms with Crippen molar-refractivity contribution in [2.75, 3.05) is 17.8 Å². The number of carbonyl (C=O) groups excluding carboxylic acids is 2. The minimum atomic E-state index is -0.318. The Morgan fingerprint density at radius 3 is 2.35 bits per heavy atom. The van der Waals surface area contributed by atoms with Crippen molar-refractivity contribution in [3.8, 4) is 5.75 Å². The third kappa shape index (κ3) is 3.24. The Morgan fingerprint density at radius 1 is 1.08 bits per heavy atom. The zero-order chi connectivity index (χ0) is 18.8. The number of carbonyl (C=O) groups is 2. The fraction of sp³-hybridized carbons (Fsp3) is 0.200. The standard InChI is InChI=1S/C20H18ClNO3S/c1-4-26-18-17(13-5-8-15(25-3)9-6-13)19(23)22(20(18)24)16-10-7-14(21)11-12(16)2/h5-11H,4H2,1-3H3. The van der Waals surface area contributed by atoms with Gasteiger partial charge in [-0.25, -0.2) is 4.90 Å². The maximum Gasteiger partial charge on any atom is 0.272 e. The Labute approximate surface area is 161 Å². The number of benzene rings is 2. The van der Waals surface area contributed by atoms with E-state index in [1.807, 2.05) is 13.8 Å². The van der Waals surface area contributed by atoms with Crippen LogP contribution in [0.3, 0.4) is 0 Å². The van der Waals surface area contributed by atoms with Crippen molar-refractivity contribution < 1.29 is 14.3 Å². The minimum Gasteiger partial charge on any atom is -0.497 e. The fourth-order valence-electron chi connectivity index (χ4n) is 2.89. The largest absolute Gasteiger partial charge is 0.497 e. The predicted molar refractivity (Wildman–Crippen MR) is 107 cm³/mol. The monoisotopic (exact) mass is 387 g/mol. The van der Waals surface area contributed by atoms with Gasteiger partial charge in [0, 0.05) is 5.02 Å². The van der Waals surface area contributed by atoms with E-state index in [0.29, 0.717) is 38.3 Å². The molecule has 1 aliphatic heterocycles. The zero-order valence-electron chi connectivity index (χ0n) is 14.7. The van der Waals surface area contributed by atoms with Crippen molar-refractivity contribution in [1.82, 2.24) is 0 Å². The summed E-state index contributed by atoms with van der Waals surface area (Å²) in [6.45, 7) is 3.79. The van der Waals surface area contributed by atoms with Crippen molar-refractivity contribution in [2.24, 2.45) is 0 Å². The lowest BCUT2D eigenvalue weighted by molar-refractivity contribution is -0.119. The number of ether oxygens (including phenoxy) is 1. The molecule has 0 spiro atoms. The van der Waals surface area contributed by atoms with Gasteiger partial charge in [0.1, 0.15) is 5.75 Å². The molecule has 0 unspecified atom stereocenters. The summed E-state index contributed by atoms with van der Waals surface area (Å²) in [7, 11) is 1.59. The Balaban J connectivity index is 2.09. The van der Waals surface area contributed by atoms with Crippen LogP contribution < -0.4 is 9.64 Å². The third-order valence-corrected chi connectivity index (χ3v) is 5.30. The molecule has 1 heterocycles. The van der Waals surface area contributed by atoms with Crippen molar-refractivity contribution >= 4 is 46.4 Å². The lowest BCUT2D eigenvalue weighted by Gasteiger charge is -2.18. The number of thioether (sulfide) groups is 1. The van der Waals surface area contributed by atoms with E-state index in [1.165, 1.54) is 16.7 Å². The Hall–Kier alpha value is -2.24. The average Bonchev–Trinajstić information content (AvgIpc) is 2.86. The van der Waals surface area contributed by atoms with Crippen molar-refractivity contribution in [3.63, 3.8) is 0 Å². The van der Waals surface area contributed by atoms with Gasteiger partial charge in [0.25, 0.3) is 11.8 Å². The summed E-state index contributed by atoms with van der Waals surface area (Å²) in [5, 5.41) is 0.567. The van der Waals surface area contributed by atoms with Crippen molar-refractivity contribution in [3.05, 3.63) is 63.5 Å². The van der Waals surface area contributed by atoms with Crippen LogP contribution in [0.1, 0.15) is 18.1 Å². The van der Waals surface area contributed by atoms with Gasteiger partial charge in [0.2, 0.25) is 0 Å². The summed E-state index contributed by atoms with van der Waals surface area (Å²) < 4.78 is 5.18. The average molecular weight is 388 g/mol. The molecule has 0 fully saturated rings. The molecule has 6 heteroatoms. The molecule has 2 amide bonds. The number of hydrogen-bond donors (Lipinski definition) is 0. The third-order valence-electron chi connectivity index (χ3n) is 4.11. The first-order valence-electron chi connectivity index (χ1n) is 8.14. The van der Waals surface area contributed by atoms with E-state index in [-0.39, 0.29) is 11.8 Å². The van der Waals surface area contributed by atoms with E-state index in [1.54, 1.807) is 49.6 Å². The van der Waals surface area contributed by atoms with Crippen molar-refractivity contribution in [2.45, 2.75) is 13.8 Å². The van der Waals surface area contributed by atoms with Crippen LogP contribution in [0.4, 0.5) is 5.69 Å². The van der Waals surface area contributed by atoms with Crippen LogP contribution in [-0.4, -0.2) is 24.7 Å². The van der Waals surface area contributed by atoms with Crippen molar-refractivity contribution in [1.29, 1.82) is 0 Å². The highest BCUT2D eigenvalue weighted by Crippen LogP contribution is 2.39. The lowest BCUT2D eigenvalue weighted by atomic mass is 10.1. The molecule has 0 saturated heterocycles. The normalized spacial score (nSPS) is 14.4. The van der Waals surface area contributed by atoms with Gasteiger partial charge in [0.15, 0.2) is 0 Å². The summed E-state index contributed by atoms with van der Waals surface area (Å²) in [4.78, 5) is 27.9. The van der Waals surface area contributed by atoms with Gasteiger partial charge in [-0.2, -0.15) is 0 Å². The highest BCUT2D eigenvalue weighted by atomic mass is 35.5. The van der Waals surface area contributed by atoms with E-state index in [0.717, 1.165) is 5.56 Å². The second-order valence-electron chi connectivity index (χ2n) is 5.74. The van der Waals surface area contributed by atoms with Crippen LogP contribution >= 0.6 is 23.4 Å². The molecule has 0 aromatic heterocycles. The molecule has 3 rings (SSSR count). The quantitative estimate of drug-likeness (QED) is 0.698. The van der Waals surface area contributed by atoms with E-state index in [4.69, 9.17) is 16.3 Å². The molecule has 0 radical (unpaired) electrons. The van der Waals surface area contributed by atoms with Gasteiger partial charge < -0.3 is 4.74 Å². The summed E-state index contributed by atoms with van der Waals surface area (Å²) in [5.74, 6) is 0.780. The van der Waals surface area contributed by atoms with E-state index < -0.39 is 0 Å². The van der Waals surface area contributed by atoms with Gasteiger partial charge in [-0.15, -0.1) is 11.8 Å². The van der Waals surface area contributed by atoms with Crippen LogP contribution in [0.15, 0.2) is 47.4 Å². The van der Waals surface area contributed by atoms with Crippen LogP contribution in [0, 0.1) is 6.92 Å². The summed E-state index contributed by atoms with van der Waals surface area (Å²) in [5.41, 5.74) is 2.46. The zero-order valence-corrected chi connectivity index (χ0v) is 16.3. The predicted octanol–water partition coefficient (Wildman–Crippen LogP) is 4.69. The number of methoxy groups -OCH3 is 1.